The van der Waals surface area contributed by atoms with Crippen LogP contribution in [0.2, 0.25) is 0 Å². The fourth-order valence-corrected chi connectivity index (χ4v) is 1.18. The zero-order valence-corrected chi connectivity index (χ0v) is 9.68. The zero-order valence-electron chi connectivity index (χ0n) is 9.68. The zero-order chi connectivity index (χ0) is 11.0. The van der Waals surface area contributed by atoms with Crippen LogP contribution < -0.4 is 11.1 Å². The number of rotatable bonds is 7. The molecule has 0 aliphatic heterocycles. The molecular weight excluding hydrogens is 176 g/mol. The second-order valence-corrected chi connectivity index (χ2v) is 4.12. The highest BCUT2D eigenvalue weighted by atomic mass is 16.2. The first-order valence-corrected chi connectivity index (χ1v) is 5.62. The predicted octanol–water partition coefficient (Wildman–Crippen LogP) is 1.67. The maximum atomic E-state index is 11.4. The maximum Gasteiger partial charge on any atom is 0.237 e. The molecule has 0 heterocycles. The van der Waals surface area contributed by atoms with Gasteiger partial charge in [0.05, 0.1) is 6.04 Å². The van der Waals surface area contributed by atoms with Gasteiger partial charge in [-0.15, -0.1) is 0 Å². The van der Waals surface area contributed by atoms with E-state index in [0.29, 0.717) is 0 Å². The van der Waals surface area contributed by atoms with Crippen molar-refractivity contribution in [1.82, 2.24) is 5.32 Å². The number of unbranched alkanes of at least 4 members (excludes halogenated alkanes) is 3. The third-order valence-electron chi connectivity index (χ3n) is 2.35. The molecule has 0 aliphatic rings. The Kier molecular flexibility index (Phi) is 7.48. The van der Waals surface area contributed by atoms with Crippen LogP contribution in [0.4, 0.5) is 0 Å². The van der Waals surface area contributed by atoms with Crippen molar-refractivity contribution in [1.29, 1.82) is 0 Å². The Morgan fingerprint density at radius 2 is 1.93 bits per heavy atom. The van der Waals surface area contributed by atoms with E-state index < -0.39 is 0 Å². The molecule has 0 radical (unpaired) electrons. The predicted molar refractivity (Wildman–Crippen MR) is 60.0 cm³/mol. The second-order valence-electron chi connectivity index (χ2n) is 4.12. The van der Waals surface area contributed by atoms with Crippen LogP contribution in [0.5, 0.6) is 0 Å². The lowest BCUT2D eigenvalue weighted by molar-refractivity contribution is -0.123. The summed E-state index contributed by atoms with van der Waals surface area (Å²) in [5.41, 5.74) is 5.69. The van der Waals surface area contributed by atoms with Gasteiger partial charge in [0.15, 0.2) is 0 Å². The lowest BCUT2D eigenvalue weighted by atomic mass is 10.1. The molecule has 0 aromatic heterocycles. The summed E-state index contributed by atoms with van der Waals surface area (Å²) in [7, 11) is 0. The molecule has 14 heavy (non-hydrogen) atoms. The third-order valence-corrected chi connectivity index (χ3v) is 2.35. The van der Waals surface area contributed by atoms with Gasteiger partial charge in [0.1, 0.15) is 0 Å². The summed E-state index contributed by atoms with van der Waals surface area (Å²) in [6.45, 7) is 6.86. The van der Waals surface area contributed by atoms with Gasteiger partial charge in [0, 0.05) is 6.54 Å². The number of nitrogens with two attached hydrogens (primary N) is 1. The quantitative estimate of drug-likeness (QED) is 0.614. The van der Waals surface area contributed by atoms with Crippen molar-refractivity contribution in [3.05, 3.63) is 0 Å². The van der Waals surface area contributed by atoms with Crippen molar-refractivity contribution in [2.24, 2.45) is 11.7 Å². The molecule has 0 aliphatic carbocycles. The monoisotopic (exact) mass is 200 g/mol. The van der Waals surface area contributed by atoms with Gasteiger partial charge >= 0.3 is 0 Å². The SMILES string of the molecule is CCCCCCNC(=O)C(N)C(C)C. The van der Waals surface area contributed by atoms with E-state index in [9.17, 15) is 4.79 Å². The number of nitrogens with one attached hydrogen (secondary N) is 1. The molecule has 0 saturated heterocycles. The van der Waals surface area contributed by atoms with Crippen molar-refractivity contribution in [2.75, 3.05) is 6.54 Å². The third kappa shape index (κ3) is 5.97. The van der Waals surface area contributed by atoms with Gasteiger partial charge in [-0.1, -0.05) is 40.0 Å². The van der Waals surface area contributed by atoms with E-state index in [-0.39, 0.29) is 17.9 Å². The molecule has 0 aromatic carbocycles. The first-order chi connectivity index (χ1) is 6.59. The lowest BCUT2D eigenvalue weighted by Gasteiger charge is -2.15. The van der Waals surface area contributed by atoms with Crippen LogP contribution in [0.25, 0.3) is 0 Å². The van der Waals surface area contributed by atoms with Crippen molar-refractivity contribution in [3.8, 4) is 0 Å². The van der Waals surface area contributed by atoms with Crippen molar-refractivity contribution < 1.29 is 4.79 Å². The summed E-state index contributed by atoms with van der Waals surface area (Å²) >= 11 is 0. The largest absolute Gasteiger partial charge is 0.355 e. The lowest BCUT2D eigenvalue weighted by Crippen LogP contribution is -2.44. The molecule has 0 rings (SSSR count). The maximum absolute atomic E-state index is 11.4. The second kappa shape index (κ2) is 7.80. The Morgan fingerprint density at radius 1 is 1.29 bits per heavy atom. The van der Waals surface area contributed by atoms with Gasteiger partial charge < -0.3 is 11.1 Å². The fraction of sp³-hybridized carbons (Fsp3) is 0.909. The molecule has 0 bridgehead atoms. The van der Waals surface area contributed by atoms with Gasteiger partial charge in [-0.3, -0.25) is 4.79 Å². The minimum Gasteiger partial charge on any atom is -0.355 e. The smallest absolute Gasteiger partial charge is 0.237 e. The number of hydrogen-bond donors (Lipinski definition) is 2. The van der Waals surface area contributed by atoms with Crippen LogP contribution in [0.15, 0.2) is 0 Å². The highest BCUT2D eigenvalue weighted by Gasteiger charge is 2.15. The molecule has 0 spiro atoms. The van der Waals surface area contributed by atoms with Gasteiger partial charge in [-0.05, 0) is 12.3 Å². The highest BCUT2D eigenvalue weighted by Crippen LogP contribution is 1.99. The molecule has 3 nitrogen and oxygen atoms in total. The first kappa shape index (κ1) is 13.4. The van der Waals surface area contributed by atoms with Crippen LogP contribution in [0, 0.1) is 5.92 Å². The Morgan fingerprint density at radius 3 is 2.43 bits per heavy atom. The molecular formula is C11H24N2O. The van der Waals surface area contributed by atoms with Crippen LogP contribution in [-0.4, -0.2) is 18.5 Å². The van der Waals surface area contributed by atoms with E-state index in [1.54, 1.807) is 0 Å². The van der Waals surface area contributed by atoms with E-state index in [2.05, 4.69) is 12.2 Å². The summed E-state index contributed by atoms with van der Waals surface area (Å²) in [5.74, 6) is 0.196. The summed E-state index contributed by atoms with van der Waals surface area (Å²) in [6, 6.07) is -0.360. The van der Waals surface area contributed by atoms with Gasteiger partial charge in [0.2, 0.25) is 5.91 Å². The van der Waals surface area contributed by atoms with Gasteiger partial charge in [0.25, 0.3) is 0 Å². The first-order valence-electron chi connectivity index (χ1n) is 5.62. The molecule has 3 heteroatoms. The Labute approximate surface area is 87.4 Å². The van der Waals surface area contributed by atoms with Crippen molar-refractivity contribution in [3.63, 3.8) is 0 Å². The molecule has 0 aromatic rings. The average molecular weight is 200 g/mol. The summed E-state index contributed by atoms with van der Waals surface area (Å²) < 4.78 is 0. The van der Waals surface area contributed by atoms with E-state index in [0.717, 1.165) is 13.0 Å². The standard InChI is InChI=1S/C11H24N2O/c1-4-5-6-7-8-13-11(14)10(12)9(2)3/h9-10H,4-8,12H2,1-3H3,(H,13,14). The number of carbonyl (C=O) groups excluding carboxylic acids is 1. The minimum absolute atomic E-state index is 0.0171. The number of hydrogen-bond acceptors (Lipinski definition) is 2. The Balaban J connectivity index is 3.44. The molecule has 84 valence electrons. The van der Waals surface area contributed by atoms with Crippen LogP contribution in [0.1, 0.15) is 46.5 Å². The van der Waals surface area contributed by atoms with Crippen LogP contribution in [-0.2, 0) is 4.79 Å². The number of amides is 1. The van der Waals surface area contributed by atoms with Crippen molar-refractivity contribution >= 4 is 5.91 Å². The minimum atomic E-state index is -0.360. The topological polar surface area (TPSA) is 55.1 Å². The van der Waals surface area contributed by atoms with Gasteiger partial charge in [-0.25, -0.2) is 0 Å². The summed E-state index contributed by atoms with van der Waals surface area (Å²) in [4.78, 5) is 11.4. The molecule has 0 saturated carbocycles. The summed E-state index contributed by atoms with van der Waals surface area (Å²) in [5, 5.41) is 2.86. The van der Waals surface area contributed by atoms with E-state index >= 15 is 0 Å². The van der Waals surface area contributed by atoms with Crippen LogP contribution >= 0.6 is 0 Å². The molecule has 3 N–H and O–H groups in total. The molecule has 1 unspecified atom stereocenters. The van der Waals surface area contributed by atoms with Crippen molar-refractivity contribution in [2.45, 2.75) is 52.5 Å². The average Bonchev–Trinajstić information content (AvgIpc) is 2.16. The Hall–Kier alpha value is -0.570. The molecule has 1 atom stereocenters. The summed E-state index contributed by atoms with van der Waals surface area (Å²) in [6.07, 6.45) is 4.71. The van der Waals surface area contributed by atoms with Crippen LogP contribution in [0.3, 0.4) is 0 Å². The van der Waals surface area contributed by atoms with Gasteiger partial charge in [-0.2, -0.15) is 0 Å². The Bertz CT molecular complexity index is 157. The van der Waals surface area contributed by atoms with E-state index in [4.69, 9.17) is 5.73 Å². The molecule has 0 fully saturated rings. The normalized spacial score (nSPS) is 12.9. The van der Waals surface area contributed by atoms with E-state index in [1.165, 1.54) is 19.3 Å². The fourth-order valence-electron chi connectivity index (χ4n) is 1.18. The number of carbonyl (C=O) groups is 1. The van der Waals surface area contributed by atoms with E-state index in [1.807, 2.05) is 13.8 Å². The molecule has 1 amide bonds. The highest BCUT2D eigenvalue weighted by molar-refractivity contribution is 5.81.